The summed E-state index contributed by atoms with van der Waals surface area (Å²) >= 11 is 0. The third-order valence-corrected chi connectivity index (χ3v) is 6.48. The van der Waals surface area contributed by atoms with Crippen molar-refractivity contribution in [3.63, 3.8) is 0 Å². The Morgan fingerprint density at radius 3 is 2.12 bits per heavy atom. The number of aliphatic carboxylic acids is 1. The third-order valence-electron chi connectivity index (χ3n) is 6.48. The maximum Gasteiger partial charge on any atom is 0.341 e. The van der Waals surface area contributed by atoms with Gasteiger partial charge in [-0.2, -0.15) is 0 Å². The lowest BCUT2D eigenvalue weighted by Gasteiger charge is -2.34. The Morgan fingerprint density at radius 2 is 1.51 bits per heavy atom. The average Bonchev–Trinajstić information content (AvgIpc) is 2.93. The van der Waals surface area contributed by atoms with Crippen LogP contribution in [0.3, 0.4) is 0 Å². The van der Waals surface area contributed by atoms with Gasteiger partial charge in [-0.15, -0.1) is 0 Å². The van der Waals surface area contributed by atoms with Gasteiger partial charge in [-0.05, 0) is 69.8 Å². The van der Waals surface area contributed by atoms with Gasteiger partial charge >= 0.3 is 11.9 Å². The Balaban J connectivity index is 2.32. The van der Waals surface area contributed by atoms with Gasteiger partial charge < -0.3 is 35.0 Å². The standard InChI is InChI=1S/C31H47N3O9/c1-5-6-10-15-32-27(37)23(18-21-13-14-25(42-19-26(35)36)22(16-21)29(39)40)33-28(38)24(17-20-11-8-7-9-12-20)34-30(41)43-31(2,3)4/h7-9,11-14,16,23-24,27-28,30,32-34,37-38,41H,5-6,10,15,17-19H2,1-4H3,(H,35,36)(H,39,40)/t23-,24-,27+,28+,30+/m1/s1. The molecule has 0 saturated heterocycles. The lowest BCUT2D eigenvalue weighted by molar-refractivity contribution is -0.190. The van der Waals surface area contributed by atoms with E-state index in [-0.39, 0.29) is 17.7 Å². The minimum Gasteiger partial charge on any atom is -0.481 e. The van der Waals surface area contributed by atoms with Crippen molar-refractivity contribution in [2.75, 3.05) is 13.2 Å². The molecule has 0 saturated carbocycles. The van der Waals surface area contributed by atoms with Crippen LogP contribution in [-0.2, 0) is 22.4 Å². The first-order chi connectivity index (χ1) is 20.3. The van der Waals surface area contributed by atoms with E-state index in [1.165, 1.54) is 12.1 Å². The lowest BCUT2D eigenvalue weighted by Crippen LogP contribution is -2.60. The first-order valence-electron chi connectivity index (χ1n) is 14.5. The van der Waals surface area contributed by atoms with Crippen LogP contribution in [0, 0.1) is 0 Å². The fourth-order valence-corrected chi connectivity index (χ4v) is 4.44. The molecule has 12 nitrogen and oxygen atoms in total. The maximum atomic E-state index is 11.9. The third kappa shape index (κ3) is 13.8. The summed E-state index contributed by atoms with van der Waals surface area (Å²) in [5.41, 5.74) is 0.504. The lowest BCUT2D eigenvalue weighted by atomic mass is 9.99. The van der Waals surface area contributed by atoms with Crippen molar-refractivity contribution >= 4 is 11.9 Å². The van der Waals surface area contributed by atoms with Crippen LogP contribution in [0.1, 0.15) is 68.4 Å². The highest BCUT2D eigenvalue weighted by atomic mass is 16.6. The number of carboxylic acid groups (broad SMARTS) is 2. The first kappa shape index (κ1) is 36.1. The highest BCUT2D eigenvalue weighted by molar-refractivity contribution is 5.91. The number of nitrogens with one attached hydrogen (secondary N) is 3. The Labute approximate surface area is 253 Å². The zero-order valence-corrected chi connectivity index (χ0v) is 25.3. The van der Waals surface area contributed by atoms with Crippen molar-refractivity contribution in [3.8, 4) is 5.75 Å². The van der Waals surface area contributed by atoms with Crippen LogP contribution in [0.15, 0.2) is 48.5 Å². The number of carboxylic acids is 2. The highest BCUT2D eigenvalue weighted by Gasteiger charge is 2.29. The van der Waals surface area contributed by atoms with E-state index in [1.54, 1.807) is 26.8 Å². The molecule has 0 aliphatic carbocycles. The quantitative estimate of drug-likeness (QED) is 0.0811. The molecule has 5 atom stereocenters. The fourth-order valence-electron chi connectivity index (χ4n) is 4.44. The number of aromatic carboxylic acids is 1. The molecule has 0 radical (unpaired) electrons. The summed E-state index contributed by atoms with van der Waals surface area (Å²) in [6.07, 6.45) is -0.605. The number of benzene rings is 2. The van der Waals surface area contributed by atoms with E-state index in [2.05, 4.69) is 22.9 Å². The number of ether oxygens (including phenoxy) is 2. The SMILES string of the molecule is CCCCCN[C@@H](O)[C@@H](Cc1ccc(OCC(=O)O)c(C(=O)O)c1)N[C@@H](O)[C@@H](Cc1ccccc1)N[C@@H](O)OC(C)(C)C. The predicted octanol–water partition coefficient (Wildman–Crippen LogP) is 2.06. The molecule has 0 amide bonds. The van der Waals surface area contributed by atoms with Crippen LogP contribution >= 0.6 is 0 Å². The van der Waals surface area contributed by atoms with Crippen LogP contribution in [0.4, 0.5) is 0 Å². The summed E-state index contributed by atoms with van der Waals surface area (Å²) in [5.74, 6) is -2.64. The number of unbranched alkanes of at least 4 members (excludes halogenated alkanes) is 2. The molecule has 0 aliphatic rings. The van der Waals surface area contributed by atoms with Gasteiger partial charge in [-0.1, -0.05) is 56.2 Å². The molecule has 12 heteroatoms. The zero-order chi connectivity index (χ0) is 32.0. The van der Waals surface area contributed by atoms with Crippen molar-refractivity contribution in [2.24, 2.45) is 0 Å². The minimum atomic E-state index is -1.39. The van der Waals surface area contributed by atoms with E-state index in [1.807, 2.05) is 30.3 Å². The van der Waals surface area contributed by atoms with Crippen molar-refractivity contribution in [3.05, 3.63) is 65.2 Å². The molecular weight excluding hydrogens is 558 g/mol. The molecule has 0 bridgehead atoms. The molecule has 0 unspecified atom stereocenters. The van der Waals surface area contributed by atoms with E-state index in [4.69, 9.17) is 14.6 Å². The van der Waals surface area contributed by atoms with Gasteiger partial charge in [-0.3, -0.25) is 16.0 Å². The fraction of sp³-hybridized carbons (Fsp3) is 0.548. The number of aliphatic hydroxyl groups is 3. The molecule has 0 fully saturated rings. The van der Waals surface area contributed by atoms with Gasteiger partial charge in [0.05, 0.1) is 17.7 Å². The van der Waals surface area contributed by atoms with Crippen LogP contribution in [0.5, 0.6) is 5.75 Å². The number of aliphatic hydroxyl groups excluding tert-OH is 3. The second-order valence-corrected chi connectivity index (χ2v) is 11.4. The summed E-state index contributed by atoms with van der Waals surface area (Å²) in [4.78, 5) is 22.8. The largest absolute Gasteiger partial charge is 0.481 e. The molecule has 2 aromatic rings. The number of hydrogen-bond donors (Lipinski definition) is 8. The number of carbonyl (C=O) groups is 2. The molecule has 43 heavy (non-hydrogen) atoms. The van der Waals surface area contributed by atoms with Crippen molar-refractivity contribution in [2.45, 2.75) is 96.4 Å². The van der Waals surface area contributed by atoms with Crippen molar-refractivity contribution in [1.29, 1.82) is 0 Å². The molecule has 0 aromatic heterocycles. The van der Waals surface area contributed by atoms with Gasteiger partial charge in [0.15, 0.2) is 6.61 Å². The second-order valence-electron chi connectivity index (χ2n) is 11.4. The molecule has 0 spiro atoms. The summed E-state index contributed by atoms with van der Waals surface area (Å²) in [6.45, 7) is 7.27. The van der Waals surface area contributed by atoms with E-state index in [9.17, 15) is 30.0 Å². The maximum absolute atomic E-state index is 11.9. The summed E-state index contributed by atoms with van der Waals surface area (Å²) in [7, 11) is 0. The molecule has 2 rings (SSSR count). The normalized spacial score (nSPS) is 15.3. The minimum absolute atomic E-state index is 0.0948. The summed E-state index contributed by atoms with van der Waals surface area (Å²) in [5, 5.41) is 60.7. The molecular formula is C31H47N3O9. The average molecular weight is 606 g/mol. The Kier molecular flexibility index (Phi) is 15.0. The van der Waals surface area contributed by atoms with Crippen molar-refractivity contribution < 1.29 is 44.6 Å². The van der Waals surface area contributed by atoms with Crippen molar-refractivity contribution in [1.82, 2.24) is 16.0 Å². The van der Waals surface area contributed by atoms with Crippen LogP contribution < -0.4 is 20.7 Å². The second kappa shape index (κ2) is 17.9. The van der Waals surface area contributed by atoms with Crippen LogP contribution in [0.2, 0.25) is 0 Å². The number of rotatable bonds is 20. The molecule has 0 aliphatic heterocycles. The highest BCUT2D eigenvalue weighted by Crippen LogP contribution is 2.22. The summed E-state index contributed by atoms with van der Waals surface area (Å²) in [6, 6.07) is 12.1. The molecule has 8 N–H and O–H groups in total. The van der Waals surface area contributed by atoms with Crippen LogP contribution in [-0.4, -0.2) is 87.2 Å². The van der Waals surface area contributed by atoms with Gasteiger partial charge in [-0.25, -0.2) is 9.59 Å². The van der Waals surface area contributed by atoms with Gasteiger partial charge in [0, 0.05) is 0 Å². The number of hydrogen-bond acceptors (Lipinski definition) is 10. The summed E-state index contributed by atoms with van der Waals surface area (Å²) < 4.78 is 10.7. The van der Waals surface area contributed by atoms with E-state index < -0.39 is 55.1 Å². The van der Waals surface area contributed by atoms with Gasteiger partial charge in [0.1, 0.15) is 23.8 Å². The predicted molar refractivity (Wildman–Crippen MR) is 161 cm³/mol. The molecule has 240 valence electrons. The Bertz CT molecular complexity index is 1130. The van der Waals surface area contributed by atoms with Crippen LogP contribution in [0.25, 0.3) is 0 Å². The Morgan fingerprint density at radius 1 is 0.860 bits per heavy atom. The van der Waals surface area contributed by atoms with E-state index in [0.29, 0.717) is 18.5 Å². The van der Waals surface area contributed by atoms with Gasteiger partial charge in [0.25, 0.3) is 0 Å². The van der Waals surface area contributed by atoms with E-state index >= 15 is 0 Å². The monoisotopic (exact) mass is 605 g/mol. The van der Waals surface area contributed by atoms with E-state index in [0.717, 1.165) is 24.8 Å². The zero-order valence-electron chi connectivity index (χ0n) is 25.3. The van der Waals surface area contributed by atoms with Gasteiger partial charge in [0.2, 0.25) is 6.41 Å². The molecule has 2 aromatic carbocycles. The first-order valence-corrected chi connectivity index (χ1v) is 14.5. The Hall–Kier alpha value is -3.10. The molecule has 0 heterocycles. The smallest absolute Gasteiger partial charge is 0.341 e. The topological polar surface area (TPSA) is 190 Å².